The van der Waals surface area contributed by atoms with Crippen LogP contribution in [-0.2, 0) is 0 Å². The Kier molecular flexibility index (Phi) is 4.48. The first kappa shape index (κ1) is 14.4. The van der Waals surface area contributed by atoms with Crippen molar-refractivity contribution >= 4 is 22.3 Å². The lowest BCUT2D eigenvalue weighted by atomic mass is 10.2. The van der Waals surface area contributed by atoms with Gasteiger partial charge in [0.15, 0.2) is 5.13 Å². The summed E-state index contributed by atoms with van der Waals surface area (Å²) < 4.78 is 0. The van der Waals surface area contributed by atoms with E-state index in [1.165, 1.54) is 6.42 Å². The number of nitrogens with one attached hydrogen (secondary N) is 1. The highest BCUT2D eigenvalue weighted by molar-refractivity contribution is 7.13. The predicted octanol–water partition coefficient (Wildman–Crippen LogP) is 2.72. The molecule has 112 valence electrons. The van der Waals surface area contributed by atoms with Crippen molar-refractivity contribution in [1.29, 1.82) is 0 Å². The Bertz CT molecular complexity index is 584. The maximum atomic E-state index is 9.13. The van der Waals surface area contributed by atoms with Crippen LogP contribution in [0.4, 0.5) is 10.9 Å². The highest BCUT2D eigenvalue weighted by atomic mass is 32.1. The molecule has 0 amide bonds. The summed E-state index contributed by atoms with van der Waals surface area (Å²) in [7, 11) is 0. The minimum atomic E-state index is 0.207. The van der Waals surface area contributed by atoms with Crippen LogP contribution >= 0.6 is 11.3 Å². The lowest BCUT2D eigenvalue weighted by Crippen LogP contribution is -2.26. The molecule has 1 atom stereocenters. The summed E-state index contributed by atoms with van der Waals surface area (Å²) in [6.07, 6.45) is 4.13. The number of aryl methyl sites for hydroxylation is 1. The molecule has 2 N–H and O–H groups in total. The molecule has 1 aliphatic heterocycles. The van der Waals surface area contributed by atoms with E-state index in [0.717, 1.165) is 41.7 Å². The number of thiazole rings is 1. The van der Waals surface area contributed by atoms with Gasteiger partial charge in [-0.2, -0.15) is 0 Å². The van der Waals surface area contributed by atoms with Gasteiger partial charge in [-0.1, -0.05) is 6.07 Å². The highest BCUT2D eigenvalue weighted by Crippen LogP contribution is 2.33. The molecule has 6 heteroatoms. The molecule has 2 aromatic heterocycles. The van der Waals surface area contributed by atoms with E-state index in [9.17, 15) is 0 Å². The third-order valence-corrected chi connectivity index (χ3v) is 4.54. The second-order valence-corrected chi connectivity index (χ2v) is 6.20. The Labute approximate surface area is 128 Å². The third-order valence-electron chi connectivity index (χ3n) is 3.76. The average molecular weight is 304 g/mol. The van der Waals surface area contributed by atoms with Gasteiger partial charge in [0, 0.05) is 18.1 Å². The summed E-state index contributed by atoms with van der Waals surface area (Å²) in [6.45, 7) is 4.00. The fourth-order valence-electron chi connectivity index (χ4n) is 2.71. The first-order valence-electron chi connectivity index (χ1n) is 7.26. The van der Waals surface area contributed by atoms with E-state index >= 15 is 0 Å². The van der Waals surface area contributed by atoms with Crippen molar-refractivity contribution in [3.05, 3.63) is 35.0 Å². The first-order valence-corrected chi connectivity index (χ1v) is 8.14. The highest BCUT2D eigenvalue weighted by Gasteiger charge is 2.27. The zero-order valence-corrected chi connectivity index (χ0v) is 12.9. The quantitative estimate of drug-likeness (QED) is 0.889. The molecule has 2 aromatic rings. The smallest absolute Gasteiger partial charge is 0.188 e. The fourth-order valence-corrected chi connectivity index (χ4v) is 3.47. The van der Waals surface area contributed by atoms with E-state index in [1.54, 1.807) is 11.3 Å². The number of anilines is 2. The van der Waals surface area contributed by atoms with Gasteiger partial charge in [0.1, 0.15) is 5.82 Å². The molecule has 0 bridgehead atoms. The van der Waals surface area contributed by atoms with E-state index in [-0.39, 0.29) is 6.61 Å². The van der Waals surface area contributed by atoms with Gasteiger partial charge in [-0.05, 0) is 37.9 Å². The maximum absolute atomic E-state index is 9.13. The largest absolute Gasteiger partial charge is 0.395 e. The minimum Gasteiger partial charge on any atom is -0.395 e. The molecule has 1 fully saturated rings. The zero-order valence-electron chi connectivity index (χ0n) is 12.1. The molecule has 0 saturated carbocycles. The Morgan fingerprint density at radius 3 is 3.14 bits per heavy atom. The van der Waals surface area contributed by atoms with Crippen molar-refractivity contribution in [2.75, 3.05) is 25.0 Å². The van der Waals surface area contributed by atoms with Crippen molar-refractivity contribution < 1.29 is 5.11 Å². The van der Waals surface area contributed by atoms with Crippen LogP contribution in [0.3, 0.4) is 0 Å². The molecular formula is C15H20N4OS. The second kappa shape index (κ2) is 6.51. The monoisotopic (exact) mass is 304 g/mol. The van der Waals surface area contributed by atoms with Gasteiger partial charge in [-0.25, -0.2) is 9.97 Å². The van der Waals surface area contributed by atoms with Crippen LogP contribution in [0, 0.1) is 6.92 Å². The van der Waals surface area contributed by atoms with Gasteiger partial charge >= 0.3 is 0 Å². The van der Waals surface area contributed by atoms with Crippen molar-refractivity contribution in [2.45, 2.75) is 25.8 Å². The van der Waals surface area contributed by atoms with Crippen molar-refractivity contribution in [3.63, 3.8) is 0 Å². The summed E-state index contributed by atoms with van der Waals surface area (Å²) in [5, 5.41) is 15.4. The number of aliphatic hydroxyl groups is 1. The summed E-state index contributed by atoms with van der Waals surface area (Å²) in [6, 6.07) is 4.34. The van der Waals surface area contributed by atoms with Crippen LogP contribution in [0.15, 0.2) is 23.7 Å². The standard InChI is InChI=1S/C15H20N4OS/c1-11-4-5-14(16-9-11)18-15-17-12(10-21-15)13-3-2-6-19(13)7-8-20/h4-5,9-10,13,20H,2-3,6-8H2,1H3,(H,16,17,18)/t13-/m0/s1. The average Bonchev–Trinajstić information content (AvgIpc) is 3.11. The SMILES string of the molecule is Cc1ccc(Nc2nc([C@@H]3CCCN3CCO)cs2)nc1. The third kappa shape index (κ3) is 3.40. The van der Waals surface area contributed by atoms with Crippen LogP contribution < -0.4 is 5.32 Å². The molecule has 0 spiro atoms. The second-order valence-electron chi connectivity index (χ2n) is 5.34. The Morgan fingerprint density at radius 2 is 2.38 bits per heavy atom. The molecule has 0 radical (unpaired) electrons. The van der Waals surface area contributed by atoms with Gasteiger partial charge in [0.05, 0.1) is 18.3 Å². The summed E-state index contributed by atoms with van der Waals surface area (Å²) >= 11 is 1.60. The number of β-amino-alcohol motifs (C(OH)–C–C–N with tert-alkyl or cyclic N) is 1. The van der Waals surface area contributed by atoms with E-state index in [0.29, 0.717) is 6.04 Å². The van der Waals surface area contributed by atoms with Crippen LogP contribution in [0.5, 0.6) is 0 Å². The molecule has 0 aromatic carbocycles. The Morgan fingerprint density at radius 1 is 1.48 bits per heavy atom. The van der Waals surface area contributed by atoms with E-state index in [1.807, 2.05) is 25.3 Å². The molecule has 1 aliphatic rings. The number of nitrogens with zero attached hydrogens (tertiary/aromatic N) is 3. The van der Waals surface area contributed by atoms with E-state index < -0.39 is 0 Å². The number of aliphatic hydroxyl groups excluding tert-OH is 1. The first-order chi connectivity index (χ1) is 10.3. The van der Waals surface area contributed by atoms with Gasteiger partial charge in [-0.3, -0.25) is 4.90 Å². The fraction of sp³-hybridized carbons (Fsp3) is 0.467. The minimum absolute atomic E-state index is 0.207. The maximum Gasteiger partial charge on any atom is 0.188 e. The van der Waals surface area contributed by atoms with Crippen LogP contribution in [-0.4, -0.2) is 39.7 Å². The summed E-state index contributed by atoms with van der Waals surface area (Å²) in [4.78, 5) is 11.3. The lowest BCUT2D eigenvalue weighted by molar-refractivity contribution is 0.184. The summed E-state index contributed by atoms with van der Waals surface area (Å²) in [5.41, 5.74) is 2.24. The molecular weight excluding hydrogens is 284 g/mol. The normalized spacial score (nSPS) is 19.0. The molecule has 3 rings (SSSR count). The molecule has 21 heavy (non-hydrogen) atoms. The van der Waals surface area contributed by atoms with Crippen molar-refractivity contribution in [1.82, 2.24) is 14.9 Å². The van der Waals surface area contributed by atoms with E-state index in [2.05, 4.69) is 25.6 Å². The van der Waals surface area contributed by atoms with Gasteiger partial charge < -0.3 is 10.4 Å². The lowest BCUT2D eigenvalue weighted by Gasteiger charge is -2.21. The number of likely N-dealkylation sites (tertiary alicyclic amines) is 1. The van der Waals surface area contributed by atoms with Crippen LogP contribution in [0.1, 0.15) is 30.1 Å². The number of rotatable bonds is 5. The molecule has 1 saturated heterocycles. The van der Waals surface area contributed by atoms with E-state index in [4.69, 9.17) is 5.11 Å². The Balaban J connectivity index is 1.69. The van der Waals surface area contributed by atoms with Gasteiger partial charge in [-0.15, -0.1) is 11.3 Å². The topological polar surface area (TPSA) is 61.3 Å². The summed E-state index contributed by atoms with van der Waals surface area (Å²) in [5.74, 6) is 0.820. The molecule has 0 unspecified atom stereocenters. The van der Waals surface area contributed by atoms with Gasteiger partial charge in [0.2, 0.25) is 0 Å². The van der Waals surface area contributed by atoms with Crippen LogP contribution in [0.25, 0.3) is 0 Å². The Hall–Kier alpha value is -1.50. The molecule has 3 heterocycles. The zero-order chi connectivity index (χ0) is 14.7. The van der Waals surface area contributed by atoms with Crippen LogP contribution in [0.2, 0.25) is 0 Å². The number of hydrogen-bond acceptors (Lipinski definition) is 6. The number of aromatic nitrogens is 2. The number of pyridine rings is 1. The predicted molar refractivity (Wildman–Crippen MR) is 85.0 cm³/mol. The van der Waals surface area contributed by atoms with Crippen molar-refractivity contribution in [2.24, 2.45) is 0 Å². The molecule has 5 nitrogen and oxygen atoms in total. The molecule has 0 aliphatic carbocycles. The van der Waals surface area contributed by atoms with Crippen molar-refractivity contribution in [3.8, 4) is 0 Å². The number of hydrogen-bond donors (Lipinski definition) is 2. The van der Waals surface area contributed by atoms with Gasteiger partial charge in [0.25, 0.3) is 0 Å².